The van der Waals surface area contributed by atoms with Gasteiger partial charge in [-0.2, -0.15) is 0 Å². The summed E-state index contributed by atoms with van der Waals surface area (Å²) < 4.78 is 1.69. The van der Waals surface area contributed by atoms with Crippen LogP contribution in [-0.4, -0.2) is 43.7 Å². The Morgan fingerprint density at radius 3 is 2.58 bits per heavy atom. The average molecular weight is 347 g/mol. The number of thioether (sulfide) groups is 1. The first kappa shape index (κ1) is 18.1. The van der Waals surface area contributed by atoms with Crippen molar-refractivity contribution in [2.45, 2.75) is 37.7 Å². The highest BCUT2D eigenvalue weighted by Gasteiger charge is 2.19. The Kier molecular flexibility index (Phi) is 6.48. The molecule has 1 N–H and O–H groups in total. The maximum Gasteiger partial charge on any atom is 0.233 e. The first-order valence-electron chi connectivity index (χ1n) is 7.76. The number of hydrogen-bond donors (Lipinski definition) is 1. The van der Waals surface area contributed by atoms with Gasteiger partial charge in [-0.25, -0.2) is 4.68 Å². The average Bonchev–Trinajstić information content (AvgIpc) is 2.99. The van der Waals surface area contributed by atoms with E-state index in [0.29, 0.717) is 23.2 Å². The van der Waals surface area contributed by atoms with Crippen molar-refractivity contribution in [2.24, 2.45) is 5.92 Å². The largest absolute Gasteiger partial charge is 0.348 e. The second-order valence-corrected chi connectivity index (χ2v) is 7.11. The smallest absolute Gasteiger partial charge is 0.233 e. The van der Waals surface area contributed by atoms with E-state index in [1.807, 2.05) is 6.07 Å². The number of aromatic nitrogens is 4. The second kappa shape index (κ2) is 8.58. The van der Waals surface area contributed by atoms with E-state index in [1.165, 1.54) is 11.8 Å². The molecule has 0 bridgehead atoms. The molecule has 0 aliphatic heterocycles. The van der Waals surface area contributed by atoms with Gasteiger partial charge in [0, 0.05) is 12.1 Å². The standard InChI is InChI=1S/C16H21N5O2S/c1-11(2)10-21-16(18-19-20-21)24-12(3)15(23)17-9-14(22)13-7-5-4-6-8-13/h4-8,11-12H,9-10H2,1-3H3,(H,17,23)/t12-/m1/s1. The zero-order valence-electron chi connectivity index (χ0n) is 14.0. The van der Waals surface area contributed by atoms with Crippen molar-refractivity contribution in [3.05, 3.63) is 35.9 Å². The van der Waals surface area contributed by atoms with Gasteiger partial charge < -0.3 is 5.32 Å². The van der Waals surface area contributed by atoms with E-state index >= 15 is 0 Å². The Morgan fingerprint density at radius 2 is 1.92 bits per heavy atom. The molecular formula is C16H21N5O2S. The first-order chi connectivity index (χ1) is 11.5. The Labute approximate surface area is 145 Å². The molecule has 0 spiro atoms. The van der Waals surface area contributed by atoms with Crippen LogP contribution in [0.15, 0.2) is 35.5 Å². The number of hydrogen-bond acceptors (Lipinski definition) is 6. The highest BCUT2D eigenvalue weighted by atomic mass is 32.2. The minimum absolute atomic E-state index is 0.0231. The van der Waals surface area contributed by atoms with Gasteiger partial charge in [0.25, 0.3) is 0 Å². The third-order valence-electron chi connectivity index (χ3n) is 3.21. The lowest BCUT2D eigenvalue weighted by Crippen LogP contribution is -2.35. The number of rotatable bonds is 8. The summed E-state index contributed by atoms with van der Waals surface area (Å²) in [5.74, 6) is 0.0645. The van der Waals surface area contributed by atoms with E-state index in [9.17, 15) is 9.59 Å². The molecule has 1 heterocycles. The number of amides is 1. The first-order valence-corrected chi connectivity index (χ1v) is 8.64. The molecular weight excluding hydrogens is 326 g/mol. The number of tetrazole rings is 1. The highest BCUT2D eigenvalue weighted by molar-refractivity contribution is 8.00. The predicted molar refractivity (Wildman–Crippen MR) is 91.8 cm³/mol. The van der Waals surface area contributed by atoms with Gasteiger partial charge >= 0.3 is 0 Å². The van der Waals surface area contributed by atoms with Gasteiger partial charge in [-0.1, -0.05) is 55.9 Å². The third-order valence-corrected chi connectivity index (χ3v) is 4.28. The monoisotopic (exact) mass is 347 g/mol. The van der Waals surface area contributed by atoms with Crippen molar-refractivity contribution in [3.8, 4) is 0 Å². The summed E-state index contributed by atoms with van der Waals surface area (Å²) in [5, 5.41) is 14.4. The van der Waals surface area contributed by atoms with Crippen LogP contribution in [0.2, 0.25) is 0 Å². The molecule has 0 radical (unpaired) electrons. The van der Waals surface area contributed by atoms with Crippen LogP contribution in [0.1, 0.15) is 31.1 Å². The topological polar surface area (TPSA) is 89.8 Å². The van der Waals surface area contributed by atoms with Crippen LogP contribution < -0.4 is 5.32 Å². The molecule has 0 aliphatic rings. The molecule has 2 aromatic rings. The number of Topliss-reactive ketones (excluding diaryl/α,β-unsaturated/α-hetero) is 1. The molecule has 128 valence electrons. The lowest BCUT2D eigenvalue weighted by Gasteiger charge is -2.12. The summed E-state index contributed by atoms with van der Waals surface area (Å²) in [4.78, 5) is 24.2. The quantitative estimate of drug-likeness (QED) is 0.578. The zero-order valence-corrected chi connectivity index (χ0v) is 14.8. The fourth-order valence-electron chi connectivity index (χ4n) is 1.99. The number of carbonyl (C=O) groups is 2. The van der Waals surface area contributed by atoms with Crippen LogP contribution >= 0.6 is 11.8 Å². The maximum absolute atomic E-state index is 12.2. The number of ketones is 1. The van der Waals surface area contributed by atoms with Crippen molar-refractivity contribution in [1.82, 2.24) is 25.5 Å². The summed E-state index contributed by atoms with van der Waals surface area (Å²) in [7, 11) is 0. The normalized spacial score (nSPS) is 12.2. The van der Waals surface area contributed by atoms with E-state index in [0.717, 1.165) is 0 Å². The Morgan fingerprint density at radius 1 is 1.21 bits per heavy atom. The van der Waals surface area contributed by atoms with Crippen LogP contribution in [0.4, 0.5) is 0 Å². The van der Waals surface area contributed by atoms with Gasteiger partial charge in [0.15, 0.2) is 5.78 Å². The molecule has 0 aliphatic carbocycles. The van der Waals surface area contributed by atoms with Gasteiger partial charge in [0.2, 0.25) is 11.1 Å². The molecule has 0 unspecified atom stereocenters. The molecule has 24 heavy (non-hydrogen) atoms. The van der Waals surface area contributed by atoms with E-state index in [4.69, 9.17) is 0 Å². The van der Waals surface area contributed by atoms with Gasteiger partial charge in [-0.3, -0.25) is 9.59 Å². The van der Waals surface area contributed by atoms with Crippen LogP contribution in [0.3, 0.4) is 0 Å². The molecule has 7 nitrogen and oxygen atoms in total. The van der Waals surface area contributed by atoms with Crippen molar-refractivity contribution >= 4 is 23.5 Å². The fraction of sp³-hybridized carbons (Fsp3) is 0.438. The molecule has 1 aromatic heterocycles. The number of nitrogens with one attached hydrogen (secondary N) is 1. The van der Waals surface area contributed by atoms with Gasteiger partial charge in [0.1, 0.15) is 0 Å². The number of benzene rings is 1. The molecule has 1 atom stereocenters. The fourth-order valence-corrected chi connectivity index (χ4v) is 2.81. The van der Waals surface area contributed by atoms with Crippen LogP contribution in [0.5, 0.6) is 0 Å². The van der Waals surface area contributed by atoms with E-state index in [-0.39, 0.29) is 18.2 Å². The number of carbonyl (C=O) groups excluding carboxylic acids is 2. The van der Waals surface area contributed by atoms with E-state index < -0.39 is 5.25 Å². The molecule has 1 amide bonds. The Bertz CT molecular complexity index is 687. The molecule has 2 rings (SSSR count). The lowest BCUT2D eigenvalue weighted by molar-refractivity contribution is -0.120. The summed E-state index contributed by atoms with van der Waals surface area (Å²) in [5.41, 5.74) is 0.582. The van der Waals surface area contributed by atoms with Gasteiger partial charge in [0.05, 0.1) is 11.8 Å². The lowest BCUT2D eigenvalue weighted by atomic mass is 10.1. The SMILES string of the molecule is CC(C)Cn1nnnc1S[C@H](C)C(=O)NCC(=O)c1ccccc1. The van der Waals surface area contributed by atoms with Crippen molar-refractivity contribution < 1.29 is 9.59 Å². The summed E-state index contributed by atoms with van der Waals surface area (Å²) in [6, 6.07) is 8.89. The molecule has 0 saturated carbocycles. The second-order valence-electron chi connectivity index (χ2n) is 5.80. The minimum Gasteiger partial charge on any atom is -0.348 e. The Balaban J connectivity index is 1.86. The Hall–Kier alpha value is -2.22. The zero-order chi connectivity index (χ0) is 17.5. The van der Waals surface area contributed by atoms with Crippen LogP contribution in [-0.2, 0) is 11.3 Å². The predicted octanol–water partition coefficient (Wildman–Crippen LogP) is 1.81. The van der Waals surface area contributed by atoms with Gasteiger partial charge in [-0.15, -0.1) is 5.10 Å². The maximum atomic E-state index is 12.2. The summed E-state index contributed by atoms with van der Waals surface area (Å²) >= 11 is 1.28. The number of nitrogens with zero attached hydrogens (tertiary/aromatic N) is 4. The van der Waals surface area contributed by atoms with Crippen LogP contribution in [0, 0.1) is 5.92 Å². The molecule has 0 fully saturated rings. The third kappa shape index (κ3) is 5.16. The summed E-state index contributed by atoms with van der Waals surface area (Å²) in [6.07, 6.45) is 0. The van der Waals surface area contributed by atoms with Crippen molar-refractivity contribution in [2.75, 3.05) is 6.54 Å². The van der Waals surface area contributed by atoms with Crippen molar-refractivity contribution in [3.63, 3.8) is 0 Å². The van der Waals surface area contributed by atoms with Crippen molar-refractivity contribution in [1.29, 1.82) is 0 Å². The van der Waals surface area contributed by atoms with Gasteiger partial charge in [-0.05, 0) is 23.3 Å². The molecule has 0 saturated heterocycles. The minimum atomic E-state index is -0.398. The van der Waals surface area contributed by atoms with E-state index in [2.05, 4.69) is 34.7 Å². The molecule has 1 aromatic carbocycles. The summed E-state index contributed by atoms with van der Waals surface area (Å²) in [6.45, 7) is 6.57. The van der Waals surface area contributed by atoms with Crippen LogP contribution in [0.25, 0.3) is 0 Å². The molecule has 8 heteroatoms. The highest BCUT2D eigenvalue weighted by Crippen LogP contribution is 2.20. The van der Waals surface area contributed by atoms with E-state index in [1.54, 1.807) is 35.9 Å².